The number of halogens is 2. The van der Waals surface area contributed by atoms with Gasteiger partial charge in [0, 0.05) is 11.8 Å². The maximum atomic E-state index is 14.2. The van der Waals surface area contributed by atoms with Crippen LogP contribution in [-0.2, 0) is 15.0 Å². The molecule has 3 aromatic carbocycles. The summed E-state index contributed by atoms with van der Waals surface area (Å²) in [7, 11) is 2.76. The highest BCUT2D eigenvalue weighted by atomic mass is 19.2. The molecule has 0 aliphatic carbocycles. The molecule has 1 aliphatic rings. The van der Waals surface area contributed by atoms with Crippen LogP contribution in [0, 0.1) is 11.6 Å². The highest BCUT2D eigenvalue weighted by Gasteiger charge is 2.47. The summed E-state index contributed by atoms with van der Waals surface area (Å²) in [5.41, 5.74) is 0.480. The third-order valence-corrected chi connectivity index (χ3v) is 6.47. The fraction of sp³-hybridized carbons (Fsp3) is 0.241. The maximum Gasteiger partial charge on any atom is 0.300 e. The Bertz CT molecular complexity index is 1470. The number of hydrogen-bond acceptors (Lipinski definition) is 6. The summed E-state index contributed by atoms with van der Waals surface area (Å²) < 4.78 is 38.4. The fourth-order valence-corrected chi connectivity index (χ4v) is 4.43. The predicted octanol–water partition coefficient (Wildman–Crippen LogP) is 5.61. The van der Waals surface area contributed by atoms with Gasteiger partial charge in [-0.05, 0) is 52.9 Å². The summed E-state index contributed by atoms with van der Waals surface area (Å²) in [6.07, 6.45) is 0. The van der Waals surface area contributed by atoms with Crippen molar-refractivity contribution < 1.29 is 38.1 Å². The van der Waals surface area contributed by atoms with E-state index in [-0.39, 0.29) is 45.1 Å². The van der Waals surface area contributed by atoms with E-state index >= 15 is 0 Å². The van der Waals surface area contributed by atoms with Crippen LogP contribution in [0.5, 0.6) is 17.2 Å². The maximum absolute atomic E-state index is 14.2. The molecule has 0 spiro atoms. The van der Waals surface area contributed by atoms with Gasteiger partial charge in [0.15, 0.2) is 23.1 Å². The largest absolute Gasteiger partial charge is 0.507 e. The smallest absolute Gasteiger partial charge is 0.300 e. The van der Waals surface area contributed by atoms with Crippen molar-refractivity contribution in [3.63, 3.8) is 0 Å². The lowest BCUT2D eigenvalue weighted by Gasteiger charge is -2.26. The third-order valence-electron chi connectivity index (χ3n) is 6.47. The SMILES string of the molecule is COc1ccc(C2/C(=C(\O)c3cc(C(C)(C)C)ccc3OC)C(=O)C(=O)N2c2ccc(F)c(F)c2)cc1O. The number of ketones is 1. The second kappa shape index (κ2) is 9.81. The molecule has 198 valence electrons. The van der Waals surface area contributed by atoms with E-state index in [4.69, 9.17) is 9.47 Å². The van der Waals surface area contributed by atoms with Gasteiger partial charge < -0.3 is 19.7 Å². The number of methoxy groups -OCH3 is 2. The van der Waals surface area contributed by atoms with Crippen molar-refractivity contribution in [2.24, 2.45) is 0 Å². The number of ether oxygens (including phenoxy) is 2. The molecular weight excluding hydrogens is 496 g/mol. The number of benzene rings is 3. The average molecular weight is 524 g/mol. The van der Waals surface area contributed by atoms with E-state index in [1.807, 2.05) is 26.8 Å². The first-order valence-electron chi connectivity index (χ1n) is 11.7. The highest BCUT2D eigenvalue weighted by Crippen LogP contribution is 2.45. The molecule has 0 bridgehead atoms. The Labute approximate surface area is 218 Å². The number of Topliss-reactive ketones (excluding diaryl/α,β-unsaturated/α-hetero) is 1. The van der Waals surface area contributed by atoms with Crippen molar-refractivity contribution in [2.75, 3.05) is 19.1 Å². The third kappa shape index (κ3) is 4.55. The van der Waals surface area contributed by atoms with Gasteiger partial charge in [-0.2, -0.15) is 0 Å². The zero-order valence-corrected chi connectivity index (χ0v) is 21.5. The topological polar surface area (TPSA) is 96.3 Å². The molecule has 9 heteroatoms. The number of hydrogen-bond donors (Lipinski definition) is 2. The standard InChI is InChI=1S/C29H27F2NO6/c1-29(2,3)16-7-11-22(37-4)18(13-16)26(34)24-25(15-6-10-23(38-5)21(33)12-15)32(28(36)27(24)35)17-8-9-19(30)20(31)14-17/h6-14,25,33-34H,1-5H3/b26-24+. The van der Waals surface area contributed by atoms with E-state index < -0.39 is 35.1 Å². The number of nitrogens with zero attached hydrogens (tertiary/aromatic N) is 1. The molecule has 2 N–H and O–H groups in total. The van der Waals surface area contributed by atoms with E-state index in [1.54, 1.807) is 12.1 Å². The van der Waals surface area contributed by atoms with Gasteiger partial charge in [0.05, 0.1) is 31.4 Å². The predicted molar refractivity (Wildman–Crippen MR) is 137 cm³/mol. The van der Waals surface area contributed by atoms with Crippen molar-refractivity contribution in [3.8, 4) is 17.2 Å². The zero-order valence-electron chi connectivity index (χ0n) is 21.5. The minimum absolute atomic E-state index is 0.110. The molecule has 1 aliphatic heterocycles. The molecule has 1 atom stereocenters. The van der Waals surface area contributed by atoms with Gasteiger partial charge in [-0.1, -0.05) is 32.9 Å². The lowest BCUT2D eigenvalue weighted by Crippen LogP contribution is -2.29. The molecule has 1 fully saturated rings. The second-order valence-electron chi connectivity index (χ2n) is 9.86. The van der Waals surface area contributed by atoms with Crippen LogP contribution < -0.4 is 14.4 Å². The molecular formula is C29H27F2NO6. The number of carbonyl (C=O) groups is 2. The molecule has 4 rings (SSSR count). The normalized spacial score (nSPS) is 17.1. The quantitative estimate of drug-likeness (QED) is 0.256. The summed E-state index contributed by atoms with van der Waals surface area (Å²) >= 11 is 0. The fourth-order valence-electron chi connectivity index (χ4n) is 4.43. The van der Waals surface area contributed by atoms with Gasteiger partial charge in [-0.3, -0.25) is 14.5 Å². The highest BCUT2D eigenvalue weighted by molar-refractivity contribution is 6.51. The van der Waals surface area contributed by atoms with Gasteiger partial charge >= 0.3 is 0 Å². The van der Waals surface area contributed by atoms with Gasteiger partial charge in [-0.15, -0.1) is 0 Å². The number of aromatic hydroxyl groups is 1. The van der Waals surface area contributed by atoms with Crippen LogP contribution >= 0.6 is 0 Å². The van der Waals surface area contributed by atoms with Crippen molar-refractivity contribution in [2.45, 2.75) is 32.2 Å². The number of amides is 1. The van der Waals surface area contributed by atoms with E-state index in [9.17, 15) is 28.6 Å². The number of rotatable bonds is 5. The van der Waals surface area contributed by atoms with Gasteiger partial charge in [-0.25, -0.2) is 8.78 Å². The van der Waals surface area contributed by atoms with Crippen LogP contribution in [0.1, 0.15) is 43.5 Å². The summed E-state index contributed by atoms with van der Waals surface area (Å²) in [6, 6.07) is 10.8. The van der Waals surface area contributed by atoms with Crippen LogP contribution in [-0.4, -0.2) is 36.1 Å². The summed E-state index contributed by atoms with van der Waals surface area (Å²) in [6.45, 7) is 5.92. The van der Waals surface area contributed by atoms with Gasteiger partial charge in [0.2, 0.25) is 0 Å². The van der Waals surface area contributed by atoms with Crippen molar-refractivity contribution in [3.05, 3.63) is 88.5 Å². The Morgan fingerprint density at radius 1 is 0.895 bits per heavy atom. The number of phenolic OH excluding ortho intramolecular Hbond substituents is 1. The number of anilines is 1. The molecule has 0 radical (unpaired) electrons. The lowest BCUT2D eigenvalue weighted by atomic mass is 9.85. The van der Waals surface area contributed by atoms with Crippen LogP contribution in [0.2, 0.25) is 0 Å². The van der Waals surface area contributed by atoms with Crippen molar-refractivity contribution in [1.29, 1.82) is 0 Å². The molecule has 1 saturated heterocycles. The Morgan fingerprint density at radius 3 is 2.13 bits per heavy atom. The molecule has 1 amide bonds. The van der Waals surface area contributed by atoms with Gasteiger partial charge in [0.1, 0.15) is 11.5 Å². The first-order valence-corrected chi connectivity index (χ1v) is 11.7. The Hall–Kier alpha value is -4.40. The zero-order chi connectivity index (χ0) is 27.9. The van der Waals surface area contributed by atoms with Crippen molar-refractivity contribution >= 4 is 23.1 Å². The van der Waals surface area contributed by atoms with E-state index in [2.05, 4.69) is 0 Å². The molecule has 1 unspecified atom stereocenters. The van der Waals surface area contributed by atoms with Crippen LogP contribution in [0.4, 0.5) is 14.5 Å². The summed E-state index contributed by atoms with van der Waals surface area (Å²) in [5.74, 6) is -4.87. The Kier molecular flexibility index (Phi) is 6.88. The second-order valence-corrected chi connectivity index (χ2v) is 9.86. The summed E-state index contributed by atoms with van der Waals surface area (Å²) in [4.78, 5) is 27.7. The minimum atomic E-state index is -1.29. The lowest BCUT2D eigenvalue weighted by molar-refractivity contribution is -0.132. The number of carbonyl (C=O) groups excluding carboxylic acids is 2. The van der Waals surface area contributed by atoms with Gasteiger partial charge in [0.25, 0.3) is 11.7 Å². The molecule has 0 saturated carbocycles. The van der Waals surface area contributed by atoms with Crippen LogP contribution in [0.3, 0.4) is 0 Å². The van der Waals surface area contributed by atoms with Crippen molar-refractivity contribution in [1.82, 2.24) is 0 Å². The number of aliphatic hydroxyl groups is 1. The molecule has 0 aromatic heterocycles. The molecule has 3 aromatic rings. The molecule has 7 nitrogen and oxygen atoms in total. The Balaban J connectivity index is 2.02. The van der Waals surface area contributed by atoms with E-state index in [0.29, 0.717) is 0 Å². The Morgan fingerprint density at radius 2 is 1.55 bits per heavy atom. The van der Waals surface area contributed by atoms with Crippen LogP contribution in [0.25, 0.3) is 5.76 Å². The first kappa shape index (κ1) is 26.7. The number of aliphatic hydroxyl groups excluding tert-OH is 1. The van der Waals surface area contributed by atoms with Crippen LogP contribution in [0.15, 0.2) is 60.2 Å². The minimum Gasteiger partial charge on any atom is -0.507 e. The van der Waals surface area contributed by atoms with E-state index in [0.717, 1.165) is 28.7 Å². The monoisotopic (exact) mass is 523 g/mol. The average Bonchev–Trinajstić information content (AvgIpc) is 3.14. The first-order chi connectivity index (χ1) is 17.9. The number of phenols is 1. The van der Waals surface area contributed by atoms with E-state index in [1.165, 1.54) is 32.4 Å². The summed E-state index contributed by atoms with van der Waals surface area (Å²) in [5, 5.41) is 22.0. The molecule has 1 heterocycles. The molecule has 38 heavy (non-hydrogen) atoms.